The maximum Gasteiger partial charge on any atom is 0.253 e. The lowest BCUT2D eigenvalue weighted by Gasteiger charge is -2.47. The van der Waals surface area contributed by atoms with Gasteiger partial charge in [0.05, 0.1) is 12.1 Å². The molecule has 128 valence electrons. The molecule has 4 rings (SSSR count). The number of likely N-dealkylation sites (tertiary alicyclic amines) is 1. The number of carbonyl (C=O) groups excluding carboxylic acids is 2. The van der Waals surface area contributed by atoms with E-state index in [1.807, 2.05) is 4.90 Å². The molecule has 1 aromatic carbocycles. The van der Waals surface area contributed by atoms with E-state index in [0.29, 0.717) is 25.3 Å². The molecule has 0 bridgehead atoms. The summed E-state index contributed by atoms with van der Waals surface area (Å²) in [6, 6.07) is 5.97. The lowest BCUT2D eigenvalue weighted by Crippen LogP contribution is -2.59. The number of hydrogen-bond acceptors (Lipinski definition) is 3. The number of benzene rings is 1. The second-order valence-corrected chi connectivity index (χ2v) is 7.03. The van der Waals surface area contributed by atoms with Crippen molar-refractivity contribution < 1.29 is 18.7 Å². The lowest BCUT2D eigenvalue weighted by molar-refractivity contribution is -0.151. The molecule has 2 heterocycles. The van der Waals surface area contributed by atoms with Crippen LogP contribution in [0.4, 0.5) is 10.1 Å². The van der Waals surface area contributed by atoms with Crippen LogP contribution in [0.3, 0.4) is 0 Å². The smallest absolute Gasteiger partial charge is 0.253 e. The van der Waals surface area contributed by atoms with Crippen molar-refractivity contribution in [1.29, 1.82) is 0 Å². The summed E-state index contributed by atoms with van der Waals surface area (Å²) in [6.07, 6.45) is 3.50. The molecule has 0 atom stereocenters. The van der Waals surface area contributed by atoms with E-state index in [1.165, 1.54) is 12.1 Å². The molecule has 2 saturated heterocycles. The molecule has 0 unspecified atom stereocenters. The molecule has 1 aromatic rings. The summed E-state index contributed by atoms with van der Waals surface area (Å²) in [5, 5.41) is 0. The van der Waals surface area contributed by atoms with Gasteiger partial charge in [0, 0.05) is 24.7 Å². The van der Waals surface area contributed by atoms with Crippen LogP contribution in [0.15, 0.2) is 24.3 Å². The van der Waals surface area contributed by atoms with E-state index in [0.717, 1.165) is 25.7 Å². The predicted molar refractivity (Wildman–Crippen MR) is 86.0 cm³/mol. The summed E-state index contributed by atoms with van der Waals surface area (Å²) in [7, 11) is 0. The third-order valence-electron chi connectivity index (χ3n) is 5.30. The highest BCUT2D eigenvalue weighted by Gasteiger charge is 2.44. The number of anilines is 1. The van der Waals surface area contributed by atoms with Crippen molar-refractivity contribution in [2.45, 2.75) is 31.3 Å². The van der Waals surface area contributed by atoms with Crippen molar-refractivity contribution in [2.75, 3.05) is 31.1 Å². The fraction of sp³-hybridized carbons (Fsp3) is 0.556. The molecule has 2 aliphatic heterocycles. The summed E-state index contributed by atoms with van der Waals surface area (Å²) in [5.41, 5.74) is 0.295. The zero-order valence-corrected chi connectivity index (χ0v) is 13.5. The molecule has 3 fully saturated rings. The van der Waals surface area contributed by atoms with Crippen LogP contribution in [0.25, 0.3) is 0 Å². The van der Waals surface area contributed by atoms with Gasteiger partial charge in [-0.15, -0.1) is 0 Å². The van der Waals surface area contributed by atoms with E-state index < -0.39 is 5.60 Å². The van der Waals surface area contributed by atoms with Gasteiger partial charge in [0.15, 0.2) is 0 Å². The van der Waals surface area contributed by atoms with Crippen LogP contribution < -0.4 is 4.90 Å². The van der Waals surface area contributed by atoms with Crippen LogP contribution in [-0.4, -0.2) is 48.6 Å². The maximum absolute atomic E-state index is 13.1. The van der Waals surface area contributed by atoms with Gasteiger partial charge in [-0.1, -0.05) is 0 Å². The van der Waals surface area contributed by atoms with Crippen LogP contribution >= 0.6 is 0 Å². The first-order chi connectivity index (χ1) is 11.6. The van der Waals surface area contributed by atoms with Crippen molar-refractivity contribution in [3.05, 3.63) is 30.1 Å². The summed E-state index contributed by atoms with van der Waals surface area (Å²) in [6.45, 7) is 1.86. The van der Waals surface area contributed by atoms with Gasteiger partial charge in [-0.25, -0.2) is 4.39 Å². The highest BCUT2D eigenvalue weighted by atomic mass is 19.1. The molecule has 2 amide bonds. The topological polar surface area (TPSA) is 49.9 Å². The number of ether oxygens (including phenoxy) is 1. The zero-order valence-electron chi connectivity index (χ0n) is 13.5. The third kappa shape index (κ3) is 2.90. The largest absolute Gasteiger partial charge is 0.363 e. The molecule has 0 radical (unpaired) electrons. The average Bonchev–Trinajstić information content (AvgIpc) is 3.43. The van der Waals surface area contributed by atoms with Gasteiger partial charge in [-0.2, -0.15) is 0 Å². The van der Waals surface area contributed by atoms with Gasteiger partial charge in [-0.05, 0) is 49.9 Å². The SMILES string of the molecule is O=C(C1CC1)N1CCC2(CC1)CN(c1ccc(F)cc1)C(=O)CO2. The summed E-state index contributed by atoms with van der Waals surface area (Å²) >= 11 is 0. The number of halogens is 1. The number of piperidine rings is 1. The molecule has 0 aromatic heterocycles. The van der Waals surface area contributed by atoms with E-state index in [1.54, 1.807) is 17.0 Å². The quantitative estimate of drug-likeness (QED) is 0.832. The van der Waals surface area contributed by atoms with Gasteiger partial charge in [0.2, 0.25) is 5.91 Å². The highest BCUT2D eigenvalue weighted by Crippen LogP contribution is 2.36. The van der Waals surface area contributed by atoms with Crippen LogP contribution in [0.1, 0.15) is 25.7 Å². The first kappa shape index (κ1) is 15.6. The average molecular weight is 332 g/mol. The first-order valence-electron chi connectivity index (χ1n) is 8.55. The minimum absolute atomic E-state index is 0.0357. The van der Waals surface area contributed by atoms with E-state index >= 15 is 0 Å². The van der Waals surface area contributed by atoms with Gasteiger partial charge in [0.25, 0.3) is 5.91 Å². The second kappa shape index (κ2) is 5.84. The second-order valence-electron chi connectivity index (χ2n) is 7.03. The number of rotatable bonds is 2. The van der Waals surface area contributed by atoms with E-state index in [4.69, 9.17) is 4.74 Å². The van der Waals surface area contributed by atoms with Crippen molar-refractivity contribution in [2.24, 2.45) is 5.92 Å². The maximum atomic E-state index is 13.1. The molecular formula is C18H21FN2O3. The Morgan fingerprint density at radius 1 is 1.17 bits per heavy atom. The van der Waals surface area contributed by atoms with Crippen molar-refractivity contribution in [1.82, 2.24) is 4.90 Å². The van der Waals surface area contributed by atoms with Crippen LogP contribution in [0, 0.1) is 11.7 Å². The first-order valence-corrected chi connectivity index (χ1v) is 8.55. The molecule has 1 spiro atoms. The van der Waals surface area contributed by atoms with Crippen LogP contribution in [-0.2, 0) is 14.3 Å². The molecule has 24 heavy (non-hydrogen) atoms. The third-order valence-corrected chi connectivity index (χ3v) is 5.30. The van der Waals surface area contributed by atoms with Gasteiger partial charge in [0.1, 0.15) is 12.4 Å². The van der Waals surface area contributed by atoms with Crippen molar-refractivity contribution in [3.8, 4) is 0 Å². The zero-order chi connectivity index (χ0) is 16.7. The standard InChI is InChI=1S/C18H21FN2O3/c19-14-3-5-15(6-4-14)21-12-18(24-11-16(21)22)7-9-20(10-8-18)17(23)13-1-2-13/h3-6,13H,1-2,7-12H2. The Hall–Kier alpha value is -1.95. The Kier molecular flexibility index (Phi) is 3.79. The summed E-state index contributed by atoms with van der Waals surface area (Å²) in [4.78, 5) is 28.0. The van der Waals surface area contributed by atoms with Gasteiger partial charge < -0.3 is 14.5 Å². The fourth-order valence-electron chi connectivity index (χ4n) is 3.60. The van der Waals surface area contributed by atoms with Crippen LogP contribution in [0.5, 0.6) is 0 Å². The summed E-state index contributed by atoms with van der Waals surface area (Å²) < 4.78 is 19.0. The Morgan fingerprint density at radius 3 is 2.46 bits per heavy atom. The van der Waals surface area contributed by atoms with Crippen molar-refractivity contribution >= 4 is 17.5 Å². The molecule has 1 saturated carbocycles. The summed E-state index contributed by atoms with van der Waals surface area (Å²) in [5.74, 6) is 0.0838. The molecule has 3 aliphatic rings. The minimum atomic E-state index is -0.400. The van der Waals surface area contributed by atoms with Gasteiger partial charge in [-0.3, -0.25) is 9.59 Å². The Balaban J connectivity index is 1.45. The van der Waals surface area contributed by atoms with Crippen LogP contribution in [0.2, 0.25) is 0 Å². The Labute approximate surface area is 140 Å². The highest BCUT2D eigenvalue weighted by molar-refractivity contribution is 5.95. The Morgan fingerprint density at radius 2 is 1.83 bits per heavy atom. The molecule has 5 nitrogen and oxygen atoms in total. The number of hydrogen-bond donors (Lipinski definition) is 0. The number of carbonyl (C=O) groups is 2. The fourth-order valence-corrected chi connectivity index (χ4v) is 3.60. The minimum Gasteiger partial charge on any atom is -0.363 e. The number of morpholine rings is 1. The molecule has 6 heteroatoms. The van der Waals surface area contributed by atoms with E-state index in [2.05, 4.69) is 0 Å². The van der Waals surface area contributed by atoms with Crippen molar-refractivity contribution in [3.63, 3.8) is 0 Å². The Bertz CT molecular complexity index is 649. The molecular weight excluding hydrogens is 311 g/mol. The van der Waals surface area contributed by atoms with E-state index in [-0.39, 0.29) is 30.2 Å². The molecule has 0 N–H and O–H groups in total. The van der Waals surface area contributed by atoms with Gasteiger partial charge >= 0.3 is 0 Å². The molecule has 1 aliphatic carbocycles. The van der Waals surface area contributed by atoms with E-state index in [9.17, 15) is 14.0 Å². The normalized spacial score (nSPS) is 23.6. The lowest BCUT2D eigenvalue weighted by atomic mass is 9.88. The number of nitrogens with zero attached hydrogens (tertiary/aromatic N) is 2. The number of amides is 2. The predicted octanol–water partition coefficient (Wildman–Crippen LogP) is 1.96. The monoisotopic (exact) mass is 332 g/mol.